The van der Waals surface area contributed by atoms with Crippen molar-refractivity contribution in [3.63, 3.8) is 0 Å². The average Bonchev–Trinajstić information content (AvgIpc) is 2.94. The largest absolute Gasteiger partial charge is 0.359 e. The van der Waals surface area contributed by atoms with E-state index >= 15 is 0 Å². The fourth-order valence-corrected chi connectivity index (χ4v) is 3.06. The van der Waals surface area contributed by atoms with Gasteiger partial charge in [-0.05, 0) is 49.7 Å². The Balaban J connectivity index is 1.55. The van der Waals surface area contributed by atoms with E-state index in [0.717, 1.165) is 35.0 Å². The van der Waals surface area contributed by atoms with Gasteiger partial charge in [0.15, 0.2) is 0 Å². The summed E-state index contributed by atoms with van der Waals surface area (Å²) < 4.78 is 0. The third-order valence-corrected chi connectivity index (χ3v) is 4.18. The molecule has 25 heavy (non-hydrogen) atoms. The van der Waals surface area contributed by atoms with Crippen LogP contribution in [-0.4, -0.2) is 15.0 Å². The highest BCUT2D eigenvalue weighted by molar-refractivity contribution is 5.84. The molecule has 4 aromatic rings. The fraction of sp³-hybridized carbons (Fsp3) is 0.143. The molecule has 0 bridgehead atoms. The number of aromatic amines is 1. The average molecular weight is 328 g/mol. The van der Waals surface area contributed by atoms with E-state index in [1.807, 2.05) is 6.07 Å². The van der Waals surface area contributed by atoms with Gasteiger partial charge in [-0.2, -0.15) is 0 Å². The summed E-state index contributed by atoms with van der Waals surface area (Å²) in [5.74, 6) is 1.62. The molecule has 4 heteroatoms. The van der Waals surface area contributed by atoms with Crippen molar-refractivity contribution >= 4 is 22.4 Å². The predicted octanol–water partition coefficient (Wildman–Crippen LogP) is 4.91. The lowest BCUT2D eigenvalue weighted by Gasteiger charge is -2.08. The Bertz CT molecular complexity index is 1030. The predicted molar refractivity (Wildman–Crippen MR) is 102 cm³/mol. The summed E-state index contributed by atoms with van der Waals surface area (Å²) >= 11 is 0. The Morgan fingerprint density at radius 3 is 2.80 bits per heavy atom. The maximum Gasteiger partial charge on any atom is 0.135 e. The molecule has 0 fully saturated rings. The van der Waals surface area contributed by atoms with Crippen LogP contribution in [0.15, 0.2) is 60.8 Å². The van der Waals surface area contributed by atoms with Crippen LogP contribution in [-0.2, 0) is 6.42 Å². The van der Waals surface area contributed by atoms with Crippen molar-refractivity contribution in [3.05, 3.63) is 83.4 Å². The van der Waals surface area contributed by atoms with Crippen molar-refractivity contribution in [1.82, 2.24) is 15.0 Å². The highest BCUT2D eigenvalue weighted by Crippen LogP contribution is 2.22. The first-order valence-electron chi connectivity index (χ1n) is 8.39. The Hall–Kier alpha value is -3.14. The van der Waals surface area contributed by atoms with Crippen LogP contribution in [0.2, 0.25) is 0 Å². The van der Waals surface area contributed by atoms with Gasteiger partial charge in [0.25, 0.3) is 0 Å². The number of nitrogens with one attached hydrogen (secondary N) is 2. The maximum atomic E-state index is 4.65. The van der Waals surface area contributed by atoms with Gasteiger partial charge in [-0.3, -0.25) is 0 Å². The third kappa shape index (κ3) is 3.53. The molecule has 0 unspecified atom stereocenters. The molecule has 0 spiro atoms. The van der Waals surface area contributed by atoms with Gasteiger partial charge in [0.1, 0.15) is 11.6 Å². The highest BCUT2D eigenvalue weighted by Gasteiger charge is 2.04. The van der Waals surface area contributed by atoms with Gasteiger partial charge in [-0.1, -0.05) is 29.8 Å². The number of aromatic nitrogens is 3. The first-order chi connectivity index (χ1) is 12.2. The van der Waals surface area contributed by atoms with Crippen LogP contribution in [0.1, 0.15) is 22.6 Å². The molecule has 4 nitrogen and oxygen atoms in total. The van der Waals surface area contributed by atoms with Crippen LogP contribution in [0.3, 0.4) is 0 Å². The van der Waals surface area contributed by atoms with Gasteiger partial charge in [-0.15, -0.1) is 0 Å². The van der Waals surface area contributed by atoms with E-state index in [1.165, 1.54) is 16.5 Å². The van der Waals surface area contributed by atoms with Crippen LogP contribution < -0.4 is 5.32 Å². The van der Waals surface area contributed by atoms with E-state index < -0.39 is 0 Å². The molecule has 2 N–H and O–H groups in total. The number of hydrogen-bond donors (Lipinski definition) is 2. The molecule has 0 amide bonds. The summed E-state index contributed by atoms with van der Waals surface area (Å²) in [5.41, 5.74) is 5.80. The SMILES string of the molecule is Cc1cccc(Cc2nccc(Nc3ccc4[nH]c(C)cc4c3)n2)c1. The zero-order valence-corrected chi connectivity index (χ0v) is 14.4. The third-order valence-electron chi connectivity index (χ3n) is 4.18. The lowest BCUT2D eigenvalue weighted by molar-refractivity contribution is 0.970. The molecular weight excluding hydrogens is 308 g/mol. The standard InChI is InChI=1S/C21H20N4/c1-14-4-3-5-16(10-14)12-21-22-9-8-20(25-21)24-18-6-7-19-17(13-18)11-15(2)23-19/h3-11,13,23H,12H2,1-2H3,(H,22,24,25). The van der Waals surface area contributed by atoms with Gasteiger partial charge < -0.3 is 10.3 Å². The van der Waals surface area contributed by atoms with Crippen molar-refractivity contribution in [2.45, 2.75) is 20.3 Å². The normalized spacial score (nSPS) is 11.0. The number of aryl methyl sites for hydroxylation is 2. The molecule has 0 radical (unpaired) electrons. The molecule has 0 aliphatic rings. The van der Waals surface area contributed by atoms with E-state index in [9.17, 15) is 0 Å². The molecule has 2 heterocycles. The molecule has 0 saturated carbocycles. The monoisotopic (exact) mass is 328 g/mol. The quantitative estimate of drug-likeness (QED) is 0.560. The zero-order valence-electron chi connectivity index (χ0n) is 14.4. The maximum absolute atomic E-state index is 4.65. The van der Waals surface area contributed by atoms with Gasteiger partial charge in [-0.25, -0.2) is 9.97 Å². The summed E-state index contributed by atoms with van der Waals surface area (Å²) in [6.07, 6.45) is 2.53. The van der Waals surface area contributed by atoms with Crippen molar-refractivity contribution < 1.29 is 0 Å². The van der Waals surface area contributed by atoms with Gasteiger partial charge in [0, 0.05) is 34.9 Å². The van der Waals surface area contributed by atoms with Crippen molar-refractivity contribution in [2.24, 2.45) is 0 Å². The lowest BCUT2D eigenvalue weighted by Crippen LogP contribution is -2.00. The topological polar surface area (TPSA) is 53.6 Å². The molecule has 2 aromatic carbocycles. The molecular formula is C21H20N4. The highest BCUT2D eigenvalue weighted by atomic mass is 15.0. The van der Waals surface area contributed by atoms with Gasteiger partial charge in [0.05, 0.1) is 0 Å². The van der Waals surface area contributed by atoms with Gasteiger partial charge >= 0.3 is 0 Å². The molecule has 0 saturated heterocycles. The number of benzene rings is 2. The number of nitrogens with zero attached hydrogens (tertiary/aromatic N) is 2. The lowest BCUT2D eigenvalue weighted by atomic mass is 10.1. The summed E-state index contributed by atoms with van der Waals surface area (Å²) in [7, 11) is 0. The number of rotatable bonds is 4. The smallest absolute Gasteiger partial charge is 0.135 e. The number of fused-ring (bicyclic) bond motifs is 1. The number of hydrogen-bond acceptors (Lipinski definition) is 3. The number of H-pyrrole nitrogens is 1. The first-order valence-corrected chi connectivity index (χ1v) is 8.39. The zero-order chi connectivity index (χ0) is 17.2. The van der Waals surface area contributed by atoms with Crippen LogP contribution in [0.4, 0.5) is 11.5 Å². The van der Waals surface area contributed by atoms with Gasteiger partial charge in [0.2, 0.25) is 0 Å². The fourth-order valence-electron chi connectivity index (χ4n) is 3.06. The number of anilines is 2. The summed E-state index contributed by atoms with van der Waals surface area (Å²) in [6.45, 7) is 4.16. The van der Waals surface area contributed by atoms with Crippen LogP contribution in [0.5, 0.6) is 0 Å². The van der Waals surface area contributed by atoms with Crippen LogP contribution >= 0.6 is 0 Å². The van der Waals surface area contributed by atoms with Crippen molar-refractivity contribution in [2.75, 3.05) is 5.32 Å². The Morgan fingerprint density at radius 2 is 1.92 bits per heavy atom. The Morgan fingerprint density at radius 1 is 1.00 bits per heavy atom. The van der Waals surface area contributed by atoms with E-state index in [-0.39, 0.29) is 0 Å². The Labute approximate surface area is 147 Å². The van der Waals surface area contributed by atoms with Crippen molar-refractivity contribution in [1.29, 1.82) is 0 Å². The summed E-state index contributed by atoms with van der Waals surface area (Å²) in [4.78, 5) is 12.4. The van der Waals surface area contributed by atoms with E-state index in [0.29, 0.717) is 0 Å². The molecule has 0 atom stereocenters. The van der Waals surface area contributed by atoms with Crippen molar-refractivity contribution in [3.8, 4) is 0 Å². The summed E-state index contributed by atoms with van der Waals surface area (Å²) in [6, 6.07) is 18.8. The van der Waals surface area contributed by atoms with Crippen LogP contribution in [0.25, 0.3) is 10.9 Å². The molecule has 124 valence electrons. The second kappa shape index (κ2) is 6.40. The second-order valence-corrected chi connectivity index (χ2v) is 6.40. The minimum atomic E-state index is 0.729. The molecule has 0 aliphatic heterocycles. The molecule has 2 aromatic heterocycles. The summed E-state index contributed by atoms with van der Waals surface area (Å²) in [5, 5.41) is 4.57. The van der Waals surface area contributed by atoms with E-state index in [2.05, 4.69) is 82.6 Å². The minimum Gasteiger partial charge on any atom is -0.359 e. The van der Waals surface area contributed by atoms with Crippen LogP contribution in [0, 0.1) is 13.8 Å². The molecule has 4 rings (SSSR count). The second-order valence-electron chi connectivity index (χ2n) is 6.40. The Kier molecular flexibility index (Phi) is 3.94. The minimum absolute atomic E-state index is 0.729. The van der Waals surface area contributed by atoms with E-state index in [1.54, 1.807) is 6.20 Å². The molecule has 0 aliphatic carbocycles. The van der Waals surface area contributed by atoms with E-state index in [4.69, 9.17) is 0 Å². The first kappa shape index (κ1) is 15.4.